The maximum atomic E-state index is 12.8. The average Bonchev–Trinajstić information content (AvgIpc) is 2.62. The van der Waals surface area contributed by atoms with E-state index in [1.807, 2.05) is 0 Å². The molecule has 1 aromatic heterocycles. The number of carbonyl (C=O) groups excluding carboxylic acids is 1. The van der Waals surface area contributed by atoms with Gasteiger partial charge in [0.05, 0.1) is 5.56 Å². The molecule has 17 heavy (non-hydrogen) atoms. The van der Waals surface area contributed by atoms with Crippen LogP contribution in [0.2, 0.25) is 0 Å². The van der Waals surface area contributed by atoms with Crippen LogP contribution in [0.1, 0.15) is 38.5 Å². The van der Waals surface area contributed by atoms with Crippen molar-refractivity contribution in [1.82, 2.24) is 4.57 Å². The van der Waals surface area contributed by atoms with Crippen molar-refractivity contribution in [1.29, 1.82) is 0 Å². The number of alkyl halides is 3. The first-order chi connectivity index (χ1) is 7.75. The second kappa shape index (κ2) is 3.35. The number of hydrogen-bond acceptors (Lipinski definition) is 2. The summed E-state index contributed by atoms with van der Waals surface area (Å²) in [5.74, 6) is -2.09. The molecule has 0 spiro atoms. The molecule has 1 N–H and O–H groups in total. The zero-order valence-corrected chi connectivity index (χ0v) is 8.76. The van der Waals surface area contributed by atoms with Crippen LogP contribution >= 0.6 is 0 Å². The lowest BCUT2D eigenvalue weighted by Crippen LogP contribution is -2.17. The molecule has 1 aromatic rings. The summed E-state index contributed by atoms with van der Waals surface area (Å²) in [6.07, 6.45) is -4.74. The molecule has 1 heterocycles. The van der Waals surface area contributed by atoms with Crippen molar-refractivity contribution in [2.75, 3.05) is 0 Å². The van der Waals surface area contributed by atoms with Crippen LogP contribution in [0.25, 0.3) is 0 Å². The number of rotatable bonds is 1. The van der Waals surface area contributed by atoms with E-state index in [9.17, 15) is 22.8 Å². The Morgan fingerprint density at radius 2 is 1.94 bits per heavy atom. The second-order valence-electron chi connectivity index (χ2n) is 3.84. The van der Waals surface area contributed by atoms with Gasteiger partial charge in [-0.2, -0.15) is 13.2 Å². The molecule has 0 atom stereocenters. The summed E-state index contributed by atoms with van der Waals surface area (Å²) >= 11 is 0. The van der Waals surface area contributed by atoms with E-state index < -0.39 is 34.9 Å². The highest BCUT2D eigenvalue weighted by atomic mass is 19.4. The van der Waals surface area contributed by atoms with Gasteiger partial charge in [-0.3, -0.25) is 4.79 Å². The molecular weight excluding hydrogens is 239 g/mol. The molecule has 0 unspecified atom stereocenters. The SMILES string of the molecule is Cn1c(C(=O)O)c2c(c1C(F)(F)F)C(=O)CC2. The molecule has 0 amide bonds. The number of ketones is 1. The number of Topliss-reactive ketones (excluding diaryl/α,β-unsaturated/α-hetero) is 1. The second-order valence-corrected chi connectivity index (χ2v) is 3.84. The van der Waals surface area contributed by atoms with Crippen molar-refractivity contribution in [2.24, 2.45) is 7.05 Å². The summed E-state index contributed by atoms with van der Waals surface area (Å²) in [7, 11) is 1.01. The first-order valence-electron chi connectivity index (χ1n) is 4.80. The Labute approximate surface area is 93.6 Å². The van der Waals surface area contributed by atoms with Gasteiger partial charge >= 0.3 is 12.1 Å². The normalized spacial score (nSPS) is 15.2. The van der Waals surface area contributed by atoms with Gasteiger partial charge in [0.1, 0.15) is 11.4 Å². The minimum absolute atomic E-state index is 0.00248. The highest BCUT2D eigenvalue weighted by molar-refractivity contribution is 6.05. The topological polar surface area (TPSA) is 59.3 Å². The molecule has 0 radical (unpaired) electrons. The zero-order chi connectivity index (χ0) is 13.0. The Balaban J connectivity index is 2.81. The Morgan fingerprint density at radius 3 is 2.41 bits per heavy atom. The molecule has 0 saturated heterocycles. The quantitative estimate of drug-likeness (QED) is 0.824. The number of aromatic nitrogens is 1. The van der Waals surface area contributed by atoms with Gasteiger partial charge in [-0.15, -0.1) is 0 Å². The monoisotopic (exact) mass is 247 g/mol. The standard InChI is InChI=1S/C10H8F3NO3/c1-14-7(9(16)17)4-2-3-5(15)6(4)8(14)10(11,12)13/h2-3H2,1H3,(H,16,17). The summed E-state index contributed by atoms with van der Waals surface area (Å²) in [5, 5.41) is 8.90. The third-order valence-corrected chi connectivity index (χ3v) is 2.85. The lowest BCUT2D eigenvalue weighted by atomic mass is 10.1. The lowest BCUT2D eigenvalue weighted by Gasteiger charge is -2.10. The summed E-state index contributed by atoms with van der Waals surface area (Å²) < 4.78 is 38.9. The summed E-state index contributed by atoms with van der Waals surface area (Å²) in [6.45, 7) is 0. The van der Waals surface area contributed by atoms with E-state index in [0.29, 0.717) is 4.57 Å². The van der Waals surface area contributed by atoms with Crippen molar-refractivity contribution < 1.29 is 27.9 Å². The summed E-state index contributed by atoms with van der Waals surface area (Å²) in [4.78, 5) is 22.3. The van der Waals surface area contributed by atoms with Gasteiger partial charge in [0.2, 0.25) is 0 Å². The molecule has 2 rings (SSSR count). The lowest BCUT2D eigenvalue weighted by molar-refractivity contribution is -0.143. The molecule has 0 bridgehead atoms. The van der Waals surface area contributed by atoms with E-state index >= 15 is 0 Å². The third-order valence-electron chi connectivity index (χ3n) is 2.85. The van der Waals surface area contributed by atoms with Crippen LogP contribution < -0.4 is 0 Å². The van der Waals surface area contributed by atoms with Gasteiger partial charge in [0.25, 0.3) is 0 Å². The Bertz CT molecular complexity index is 528. The minimum Gasteiger partial charge on any atom is -0.477 e. The van der Waals surface area contributed by atoms with Crippen molar-refractivity contribution in [3.8, 4) is 0 Å². The van der Waals surface area contributed by atoms with Crippen LogP contribution in [-0.4, -0.2) is 21.4 Å². The van der Waals surface area contributed by atoms with Crippen LogP contribution in [0.4, 0.5) is 13.2 Å². The van der Waals surface area contributed by atoms with Gasteiger partial charge < -0.3 is 9.67 Å². The average molecular weight is 247 g/mol. The molecule has 0 saturated carbocycles. The van der Waals surface area contributed by atoms with Crippen LogP contribution in [0, 0.1) is 0 Å². The number of carboxylic acids is 1. The fourth-order valence-corrected chi connectivity index (χ4v) is 2.25. The van der Waals surface area contributed by atoms with Crippen molar-refractivity contribution in [3.05, 3.63) is 22.5 Å². The van der Waals surface area contributed by atoms with Gasteiger partial charge in [0, 0.05) is 13.5 Å². The fourth-order valence-electron chi connectivity index (χ4n) is 2.25. The van der Waals surface area contributed by atoms with Crippen LogP contribution in [0.3, 0.4) is 0 Å². The maximum absolute atomic E-state index is 12.8. The summed E-state index contributed by atoms with van der Waals surface area (Å²) in [5.41, 5.74) is -2.08. The number of fused-ring (bicyclic) bond motifs is 1. The predicted molar refractivity (Wildman–Crippen MR) is 50.0 cm³/mol. The van der Waals surface area contributed by atoms with E-state index in [4.69, 9.17) is 5.11 Å². The number of halogens is 3. The van der Waals surface area contributed by atoms with E-state index in [0.717, 1.165) is 7.05 Å². The molecule has 0 aromatic carbocycles. The third kappa shape index (κ3) is 1.53. The van der Waals surface area contributed by atoms with E-state index in [2.05, 4.69) is 0 Å². The smallest absolute Gasteiger partial charge is 0.432 e. The molecule has 0 fully saturated rings. The van der Waals surface area contributed by atoms with Gasteiger partial charge in [-0.05, 0) is 12.0 Å². The molecule has 7 heteroatoms. The number of aromatic carboxylic acids is 1. The van der Waals surface area contributed by atoms with Crippen LogP contribution in [0.5, 0.6) is 0 Å². The first-order valence-corrected chi connectivity index (χ1v) is 4.80. The Morgan fingerprint density at radius 1 is 1.35 bits per heavy atom. The highest BCUT2D eigenvalue weighted by Crippen LogP contribution is 2.40. The largest absolute Gasteiger partial charge is 0.477 e. The maximum Gasteiger partial charge on any atom is 0.432 e. The molecular formula is C10H8F3NO3. The van der Waals surface area contributed by atoms with Crippen LogP contribution in [0.15, 0.2) is 0 Å². The Kier molecular flexibility index (Phi) is 2.30. The number of hydrogen-bond donors (Lipinski definition) is 1. The number of carboxylic acid groups (broad SMARTS) is 1. The highest BCUT2D eigenvalue weighted by Gasteiger charge is 2.44. The van der Waals surface area contributed by atoms with Crippen LogP contribution in [-0.2, 0) is 19.6 Å². The van der Waals surface area contributed by atoms with E-state index in [-0.39, 0.29) is 18.4 Å². The molecule has 92 valence electrons. The predicted octanol–water partition coefficient (Wildman–Crippen LogP) is 1.87. The first kappa shape index (κ1) is 11.7. The van der Waals surface area contributed by atoms with Gasteiger partial charge in [0.15, 0.2) is 5.78 Å². The Hall–Kier alpha value is -1.79. The molecule has 1 aliphatic carbocycles. The molecule has 1 aliphatic rings. The van der Waals surface area contributed by atoms with Crippen molar-refractivity contribution in [3.63, 3.8) is 0 Å². The molecule has 4 nitrogen and oxygen atoms in total. The van der Waals surface area contributed by atoms with Gasteiger partial charge in [-0.25, -0.2) is 4.79 Å². The zero-order valence-electron chi connectivity index (χ0n) is 8.76. The number of nitrogens with zero attached hydrogens (tertiary/aromatic N) is 1. The fraction of sp³-hybridized carbons (Fsp3) is 0.400. The minimum atomic E-state index is -4.73. The van der Waals surface area contributed by atoms with Crippen molar-refractivity contribution in [2.45, 2.75) is 19.0 Å². The van der Waals surface area contributed by atoms with E-state index in [1.165, 1.54) is 0 Å². The molecule has 0 aliphatic heterocycles. The van der Waals surface area contributed by atoms with Gasteiger partial charge in [-0.1, -0.05) is 0 Å². The van der Waals surface area contributed by atoms with Crippen molar-refractivity contribution >= 4 is 11.8 Å². The number of carbonyl (C=O) groups is 2. The summed E-state index contributed by atoms with van der Waals surface area (Å²) in [6, 6.07) is 0. The van der Waals surface area contributed by atoms with E-state index in [1.54, 1.807) is 0 Å².